The van der Waals surface area contributed by atoms with Crippen LogP contribution >= 0.6 is 0 Å². The summed E-state index contributed by atoms with van der Waals surface area (Å²) < 4.78 is 5.37. The third-order valence-corrected chi connectivity index (χ3v) is 2.62. The van der Waals surface area contributed by atoms with Crippen LogP contribution in [0.25, 0.3) is 11.0 Å². The minimum absolute atomic E-state index is 0.0423. The van der Waals surface area contributed by atoms with E-state index in [0.29, 0.717) is 5.58 Å². The lowest BCUT2D eigenvalue weighted by atomic mass is 10.1. The summed E-state index contributed by atoms with van der Waals surface area (Å²) in [6.45, 7) is 0.971. The Morgan fingerprint density at radius 3 is 2.83 bits per heavy atom. The number of carbonyl (C=O) groups excluding carboxylic acids is 1. The molecule has 3 N–H and O–H groups in total. The van der Waals surface area contributed by atoms with Crippen molar-refractivity contribution >= 4 is 16.9 Å². The molecule has 2 rings (SSSR count). The molecule has 0 aliphatic rings. The van der Waals surface area contributed by atoms with Crippen molar-refractivity contribution in [2.45, 2.75) is 12.5 Å². The van der Waals surface area contributed by atoms with Gasteiger partial charge < -0.3 is 19.9 Å². The summed E-state index contributed by atoms with van der Waals surface area (Å²) >= 11 is 0. The highest BCUT2D eigenvalue weighted by Gasteiger charge is 2.21. The Morgan fingerprint density at radius 1 is 1.44 bits per heavy atom. The monoisotopic (exact) mass is 249 g/mol. The van der Waals surface area contributed by atoms with E-state index in [2.05, 4.69) is 5.32 Å². The molecule has 96 valence electrons. The van der Waals surface area contributed by atoms with E-state index in [-0.39, 0.29) is 12.3 Å². The van der Waals surface area contributed by atoms with Gasteiger partial charge in [0.15, 0.2) is 5.76 Å². The molecule has 1 heterocycles. The van der Waals surface area contributed by atoms with Gasteiger partial charge in [-0.15, -0.1) is 0 Å². The Morgan fingerprint density at radius 2 is 2.17 bits per heavy atom. The molecule has 0 aliphatic heterocycles. The van der Waals surface area contributed by atoms with Crippen molar-refractivity contribution in [3.05, 3.63) is 36.1 Å². The van der Waals surface area contributed by atoms with Crippen molar-refractivity contribution in [1.29, 1.82) is 0 Å². The van der Waals surface area contributed by atoms with Gasteiger partial charge in [-0.05, 0) is 19.1 Å². The second-order valence-electron chi connectivity index (χ2n) is 4.49. The topological polar surface area (TPSA) is 82.7 Å². The summed E-state index contributed by atoms with van der Waals surface area (Å²) in [5, 5.41) is 21.8. The Kier molecular flexibility index (Phi) is 3.36. The lowest BCUT2D eigenvalue weighted by molar-refractivity contribution is 0.00301. The highest BCUT2D eigenvalue weighted by Crippen LogP contribution is 2.18. The van der Waals surface area contributed by atoms with E-state index in [9.17, 15) is 9.90 Å². The summed E-state index contributed by atoms with van der Waals surface area (Å²) in [6.07, 6.45) is 0. The van der Waals surface area contributed by atoms with E-state index in [1.54, 1.807) is 12.1 Å². The first kappa shape index (κ1) is 12.6. The SMILES string of the molecule is CC(O)(CO)CNC(=O)c1cc2ccccc2o1. The van der Waals surface area contributed by atoms with Gasteiger partial charge in [0.25, 0.3) is 5.91 Å². The molecule has 1 atom stereocenters. The molecule has 0 radical (unpaired) electrons. The number of para-hydroxylation sites is 1. The maximum atomic E-state index is 11.8. The molecule has 0 bridgehead atoms. The van der Waals surface area contributed by atoms with Crippen LogP contribution in [0.3, 0.4) is 0 Å². The molecule has 0 saturated heterocycles. The number of fused-ring (bicyclic) bond motifs is 1. The van der Waals surface area contributed by atoms with E-state index in [1.807, 2.05) is 18.2 Å². The molecule has 1 aromatic carbocycles. The number of furan rings is 1. The van der Waals surface area contributed by atoms with Crippen LogP contribution in [0.1, 0.15) is 17.5 Å². The fraction of sp³-hybridized carbons (Fsp3) is 0.308. The number of nitrogens with one attached hydrogen (secondary N) is 1. The van der Waals surface area contributed by atoms with E-state index in [1.165, 1.54) is 6.92 Å². The van der Waals surface area contributed by atoms with Gasteiger partial charge in [0.1, 0.15) is 11.2 Å². The first-order valence-corrected chi connectivity index (χ1v) is 5.62. The molecule has 1 amide bonds. The standard InChI is InChI=1S/C13H15NO4/c1-13(17,8-15)7-14-12(16)11-6-9-4-2-3-5-10(9)18-11/h2-6,15,17H,7-8H2,1H3,(H,14,16). The first-order chi connectivity index (χ1) is 8.52. The minimum Gasteiger partial charge on any atom is -0.451 e. The van der Waals surface area contributed by atoms with E-state index < -0.39 is 18.1 Å². The number of aliphatic hydroxyl groups is 2. The Labute approximate surface area is 104 Å². The molecular formula is C13H15NO4. The molecule has 0 saturated carbocycles. The second-order valence-corrected chi connectivity index (χ2v) is 4.49. The van der Waals surface area contributed by atoms with Gasteiger partial charge in [-0.25, -0.2) is 0 Å². The van der Waals surface area contributed by atoms with Gasteiger partial charge in [-0.3, -0.25) is 4.79 Å². The average Bonchev–Trinajstić information content (AvgIpc) is 2.80. The van der Waals surface area contributed by atoms with Gasteiger partial charge in [0.2, 0.25) is 0 Å². The molecule has 0 fully saturated rings. The van der Waals surface area contributed by atoms with Crippen LogP contribution in [0.2, 0.25) is 0 Å². The van der Waals surface area contributed by atoms with E-state index in [0.717, 1.165) is 5.39 Å². The minimum atomic E-state index is -1.33. The highest BCUT2D eigenvalue weighted by atomic mass is 16.3. The summed E-state index contributed by atoms with van der Waals surface area (Å²) in [5.41, 5.74) is -0.696. The van der Waals surface area contributed by atoms with Gasteiger partial charge in [-0.1, -0.05) is 18.2 Å². The molecule has 5 nitrogen and oxygen atoms in total. The maximum absolute atomic E-state index is 11.8. The van der Waals surface area contributed by atoms with Crippen molar-refractivity contribution in [1.82, 2.24) is 5.32 Å². The van der Waals surface area contributed by atoms with Gasteiger partial charge >= 0.3 is 0 Å². The fourth-order valence-corrected chi connectivity index (χ4v) is 1.51. The zero-order valence-electron chi connectivity index (χ0n) is 10.0. The van der Waals surface area contributed by atoms with Crippen molar-refractivity contribution in [3.8, 4) is 0 Å². The lowest BCUT2D eigenvalue weighted by Gasteiger charge is -2.19. The van der Waals surface area contributed by atoms with Crippen LogP contribution in [0.15, 0.2) is 34.7 Å². The molecule has 0 spiro atoms. The van der Waals surface area contributed by atoms with Gasteiger partial charge in [0, 0.05) is 11.9 Å². The van der Waals surface area contributed by atoms with Crippen LogP contribution in [0.5, 0.6) is 0 Å². The molecule has 1 aromatic heterocycles. The van der Waals surface area contributed by atoms with Crippen molar-refractivity contribution in [2.75, 3.05) is 13.2 Å². The summed E-state index contributed by atoms with van der Waals surface area (Å²) in [6, 6.07) is 8.94. The number of rotatable bonds is 4. The summed E-state index contributed by atoms with van der Waals surface area (Å²) in [5.74, 6) is -0.232. The number of hydrogen-bond donors (Lipinski definition) is 3. The largest absolute Gasteiger partial charge is 0.451 e. The highest BCUT2D eigenvalue weighted by molar-refractivity contribution is 5.96. The third-order valence-electron chi connectivity index (χ3n) is 2.62. The quantitative estimate of drug-likeness (QED) is 0.752. The van der Waals surface area contributed by atoms with Crippen LogP contribution < -0.4 is 5.32 Å². The van der Waals surface area contributed by atoms with Crippen LogP contribution in [-0.4, -0.2) is 34.9 Å². The molecular weight excluding hydrogens is 234 g/mol. The van der Waals surface area contributed by atoms with Crippen molar-refractivity contribution in [3.63, 3.8) is 0 Å². The third kappa shape index (κ3) is 2.69. The number of amides is 1. The zero-order valence-corrected chi connectivity index (χ0v) is 10.0. The number of carbonyl (C=O) groups is 1. The van der Waals surface area contributed by atoms with Crippen molar-refractivity contribution < 1.29 is 19.4 Å². The summed E-state index contributed by atoms with van der Waals surface area (Å²) in [4.78, 5) is 11.8. The molecule has 1 unspecified atom stereocenters. The van der Waals surface area contributed by atoms with Crippen LogP contribution in [-0.2, 0) is 0 Å². The zero-order chi connectivity index (χ0) is 13.2. The number of hydrogen-bond acceptors (Lipinski definition) is 4. The van der Waals surface area contributed by atoms with Crippen molar-refractivity contribution in [2.24, 2.45) is 0 Å². The predicted molar refractivity (Wildman–Crippen MR) is 66.3 cm³/mol. The predicted octanol–water partition coefficient (Wildman–Crippen LogP) is 0.906. The van der Waals surface area contributed by atoms with Crippen LogP contribution in [0.4, 0.5) is 0 Å². The van der Waals surface area contributed by atoms with Gasteiger partial charge in [-0.2, -0.15) is 0 Å². The number of benzene rings is 1. The van der Waals surface area contributed by atoms with E-state index >= 15 is 0 Å². The Balaban J connectivity index is 2.09. The Bertz CT molecular complexity index is 526. The molecule has 0 aliphatic carbocycles. The number of aliphatic hydroxyl groups excluding tert-OH is 1. The van der Waals surface area contributed by atoms with E-state index in [4.69, 9.17) is 9.52 Å². The molecule has 5 heteroatoms. The smallest absolute Gasteiger partial charge is 0.287 e. The first-order valence-electron chi connectivity index (χ1n) is 5.62. The lowest BCUT2D eigenvalue weighted by Crippen LogP contribution is -2.43. The normalized spacial score (nSPS) is 14.4. The molecule has 18 heavy (non-hydrogen) atoms. The fourth-order valence-electron chi connectivity index (χ4n) is 1.51. The maximum Gasteiger partial charge on any atom is 0.287 e. The van der Waals surface area contributed by atoms with Crippen LogP contribution in [0, 0.1) is 0 Å². The van der Waals surface area contributed by atoms with Gasteiger partial charge in [0.05, 0.1) is 6.61 Å². The average molecular weight is 249 g/mol. The Hall–Kier alpha value is -1.85. The molecule has 2 aromatic rings. The second kappa shape index (κ2) is 4.80. The summed E-state index contributed by atoms with van der Waals surface area (Å²) in [7, 11) is 0.